The normalized spacial score (nSPS) is 11.8. The highest BCUT2D eigenvalue weighted by molar-refractivity contribution is 9.10. The molecule has 0 spiro atoms. The molecule has 7 heteroatoms. The van der Waals surface area contributed by atoms with Gasteiger partial charge in [0.25, 0.3) is 0 Å². The van der Waals surface area contributed by atoms with Gasteiger partial charge in [0.15, 0.2) is 0 Å². The number of rotatable bonds is 6. The Bertz CT molecular complexity index is 497. The van der Waals surface area contributed by atoms with Gasteiger partial charge in [0.05, 0.1) is 5.69 Å². The number of urea groups is 1. The first-order valence-corrected chi connectivity index (χ1v) is 6.92. The zero-order valence-corrected chi connectivity index (χ0v) is 12.5. The number of amides is 2. The second-order valence-corrected chi connectivity index (χ2v) is 5.26. The van der Waals surface area contributed by atoms with Crippen LogP contribution in [0.5, 0.6) is 0 Å². The van der Waals surface area contributed by atoms with Crippen LogP contribution in [0.3, 0.4) is 0 Å². The van der Waals surface area contributed by atoms with Crippen molar-refractivity contribution < 1.29 is 19.1 Å². The fourth-order valence-corrected chi connectivity index (χ4v) is 1.95. The third kappa shape index (κ3) is 6.01. The molecule has 20 heavy (non-hydrogen) atoms. The second-order valence-electron chi connectivity index (χ2n) is 4.41. The lowest BCUT2D eigenvalue weighted by molar-refractivity contribution is -0.137. The third-order valence-corrected chi connectivity index (χ3v) is 3.27. The van der Waals surface area contributed by atoms with Crippen LogP contribution in [0.4, 0.5) is 14.9 Å². The summed E-state index contributed by atoms with van der Waals surface area (Å²) in [5.74, 6) is -1.30. The number of carbonyl (C=O) groups excluding carboxylic acids is 1. The molecule has 0 radical (unpaired) electrons. The van der Waals surface area contributed by atoms with Gasteiger partial charge < -0.3 is 15.7 Å². The number of hydrogen-bond donors (Lipinski definition) is 3. The molecule has 1 aromatic carbocycles. The van der Waals surface area contributed by atoms with E-state index in [1.165, 1.54) is 18.2 Å². The molecule has 5 nitrogen and oxygen atoms in total. The molecular weight excluding hydrogens is 331 g/mol. The van der Waals surface area contributed by atoms with E-state index in [4.69, 9.17) is 5.11 Å². The Morgan fingerprint density at radius 3 is 2.80 bits per heavy atom. The molecule has 110 valence electrons. The molecule has 3 N–H and O–H groups in total. The average molecular weight is 347 g/mol. The van der Waals surface area contributed by atoms with E-state index in [-0.39, 0.29) is 12.5 Å². The van der Waals surface area contributed by atoms with Crippen molar-refractivity contribution in [2.45, 2.75) is 32.2 Å². The second kappa shape index (κ2) is 7.84. The van der Waals surface area contributed by atoms with Crippen molar-refractivity contribution in [1.82, 2.24) is 5.32 Å². The van der Waals surface area contributed by atoms with Gasteiger partial charge in [-0.05, 0) is 53.9 Å². The number of nitrogens with one attached hydrogen (secondary N) is 2. The molecule has 0 aromatic heterocycles. The number of hydrogen-bond acceptors (Lipinski definition) is 2. The molecule has 0 saturated carbocycles. The summed E-state index contributed by atoms with van der Waals surface area (Å²) in [6.07, 6.45) is 1.12. The maximum Gasteiger partial charge on any atom is 0.319 e. The summed E-state index contributed by atoms with van der Waals surface area (Å²) in [5, 5.41) is 13.7. The van der Waals surface area contributed by atoms with Crippen LogP contribution in [-0.2, 0) is 4.79 Å². The summed E-state index contributed by atoms with van der Waals surface area (Å²) in [7, 11) is 0. The number of carboxylic acids is 1. The molecule has 1 unspecified atom stereocenters. The van der Waals surface area contributed by atoms with Crippen molar-refractivity contribution >= 4 is 33.6 Å². The molecule has 2 amide bonds. The first kappa shape index (κ1) is 16.4. The topological polar surface area (TPSA) is 78.4 Å². The highest BCUT2D eigenvalue weighted by Gasteiger charge is 2.10. The minimum atomic E-state index is -0.856. The Balaban J connectivity index is 2.43. The van der Waals surface area contributed by atoms with Gasteiger partial charge in [0.2, 0.25) is 0 Å². The SMILES string of the molecule is CC(CCCC(=O)O)NC(=O)Nc1cc(F)ccc1Br. The molecule has 0 aliphatic carbocycles. The van der Waals surface area contributed by atoms with Crippen molar-refractivity contribution in [3.63, 3.8) is 0 Å². The third-order valence-electron chi connectivity index (χ3n) is 2.58. The predicted octanol–water partition coefficient (Wildman–Crippen LogP) is 3.35. The molecule has 0 heterocycles. The molecule has 0 bridgehead atoms. The first-order valence-electron chi connectivity index (χ1n) is 6.13. The van der Waals surface area contributed by atoms with E-state index in [1.807, 2.05) is 0 Å². The molecule has 1 aromatic rings. The van der Waals surface area contributed by atoms with E-state index in [0.29, 0.717) is 23.0 Å². The quantitative estimate of drug-likeness (QED) is 0.738. The van der Waals surface area contributed by atoms with Crippen molar-refractivity contribution in [3.8, 4) is 0 Å². The van der Waals surface area contributed by atoms with Gasteiger partial charge in [0.1, 0.15) is 5.82 Å². The summed E-state index contributed by atoms with van der Waals surface area (Å²) in [5.41, 5.74) is 0.334. The summed E-state index contributed by atoms with van der Waals surface area (Å²) in [6.45, 7) is 1.78. The summed E-state index contributed by atoms with van der Waals surface area (Å²) in [6, 6.07) is 3.36. The van der Waals surface area contributed by atoms with Crippen LogP contribution >= 0.6 is 15.9 Å². The van der Waals surface area contributed by atoms with E-state index < -0.39 is 17.8 Å². The van der Waals surface area contributed by atoms with E-state index in [1.54, 1.807) is 6.92 Å². The highest BCUT2D eigenvalue weighted by atomic mass is 79.9. The number of anilines is 1. The summed E-state index contributed by atoms with van der Waals surface area (Å²) in [4.78, 5) is 22.1. The smallest absolute Gasteiger partial charge is 0.319 e. The molecule has 0 aliphatic rings. The Morgan fingerprint density at radius 1 is 1.45 bits per heavy atom. The van der Waals surface area contributed by atoms with E-state index in [9.17, 15) is 14.0 Å². The lowest BCUT2D eigenvalue weighted by Crippen LogP contribution is -2.36. The molecule has 1 rings (SSSR count). The molecule has 0 saturated heterocycles. The average Bonchev–Trinajstić information content (AvgIpc) is 2.33. The van der Waals surface area contributed by atoms with Gasteiger partial charge in [-0.25, -0.2) is 9.18 Å². The van der Waals surface area contributed by atoms with Crippen molar-refractivity contribution in [2.24, 2.45) is 0 Å². The van der Waals surface area contributed by atoms with Gasteiger partial charge in [-0.3, -0.25) is 4.79 Å². The molecular formula is C13H16BrFN2O3. The number of carboxylic acid groups (broad SMARTS) is 1. The maximum atomic E-state index is 13.1. The zero-order valence-electron chi connectivity index (χ0n) is 11.0. The van der Waals surface area contributed by atoms with Gasteiger partial charge in [-0.1, -0.05) is 0 Å². The molecule has 0 aliphatic heterocycles. The zero-order chi connectivity index (χ0) is 15.1. The lowest BCUT2D eigenvalue weighted by Gasteiger charge is -2.14. The van der Waals surface area contributed by atoms with Crippen LogP contribution in [0.2, 0.25) is 0 Å². The largest absolute Gasteiger partial charge is 0.481 e. The Morgan fingerprint density at radius 2 is 2.15 bits per heavy atom. The van der Waals surface area contributed by atoms with Crippen LogP contribution in [0.25, 0.3) is 0 Å². The summed E-state index contributed by atoms with van der Waals surface area (Å²) < 4.78 is 13.6. The van der Waals surface area contributed by atoms with Gasteiger partial charge in [0, 0.05) is 16.9 Å². The summed E-state index contributed by atoms with van der Waals surface area (Å²) >= 11 is 3.21. The van der Waals surface area contributed by atoms with Crippen molar-refractivity contribution in [2.75, 3.05) is 5.32 Å². The first-order chi connectivity index (χ1) is 9.38. The van der Waals surface area contributed by atoms with E-state index in [0.717, 1.165) is 0 Å². The van der Waals surface area contributed by atoms with E-state index >= 15 is 0 Å². The van der Waals surface area contributed by atoms with Crippen LogP contribution in [0.15, 0.2) is 22.7 Å². The lowest BCUT2D eigenvalue weighted by atomic mass is 10.1. The fourth-order valence-electron chi connectivity index (χ4n) is 1.61. The highest BCUT2D eigenvalue weighted by Crippen LogP contribution is 2.22. The molecule has 1 atom stereocenters. The minimum Gasteiger partial charge on any atom is -0.481 e. The van der Waals surface area contributed by atoms with Crippen molar-refractivity contribution in [3.05, 3.63) is 28.5 Å². The van der Waals surface area contributed by atoms with Crippen LogP contribution in [0.1, 0.15) is 26.2 Å². The Kier molecular flexibility index (Phi) is 6.44. The van der Waals surface area contributed by atoms with Gasteiger partial charge >= 0.3 is 12.0 Å². The predicted molar refractivity (Wildman–Crippen MR) is 77.2 cm³/mol. The van der Waals surface area contributed by atoms with Crippen molar-refractivity contribution in [1.29, 1.82) is 0 Å². The fraction of sp³-hybridized carbons (Fsp3) is 0.385. The monoisotopic (exact) mass is 346 g/mol. The number of halogens is 2. The van der Waals surface area contributed by atoms with Crippen LogP contribution in [0, 0.1) is 5.82 Å². The Labute approximate surface area is 124 Å². The van der Waals surface area contributed by atoms with Gasteiger partial charge in [-0.2, -0.15) is 0 Å². The number of benzene rings is 1. The van der Waals surface area contributed by atoms with Crippen LogP contribution < -0.4 is 10.6 Å². The number of carbonyl (C=O) groups is 2. The van der Waals surface area contributed by atoms with E-state index in [2.05, 4.69) is 26.6 Å². The Hall–Kier alpha value is -1.63. The van der Waals surface area contributed by atoms with Gasteiger partial charge in [-0.15, -0.1) is 0 Å². The number of aliphatic carboxylic acids is 1. The standard InChI is InChI=1S/C13H16BrFN2O3/c1-8(3-2-4-12(18)19)16-13(20)17-11-7-9(15)5-6-10(11)14/h5-8H,2-4H2,1H3,(H,18,19)(H2,16,17,20). The molecule has 0 fully saturated rings. The maximum absolute atomic E-state index is 13.1. The minimum absolute atomic E-state index is 0.0725. The van der Waals surface area contributed by atoms with Crippen LogP contribution in [-0.4, -0.2) is 23.1 Å².